The van der Waals surface area contributed by atoms with E-state index in [1.165, 1.54) is 12.1 Å². The third-order valence-corrected chi connectivity index (χ3v) is 5.16. The number of aromatic carboxylic acids is 1. The standard InChI is InChI=1S/C16H23NO5/c1-5-16(6-2)12(9-13(16)21-4)17(3)14(18)10-7-8-11(22-10)15(19)20/h7-8,12-13H,5-6,9H2,1-4H3,(H,19,20)/t12-,13-/m1/s1. The molecule has 0 aliphatic heterocycles. The number of ether oxygens (including phenoxy) is 1. The van der Waals surface area contributed by atoms with Crippen molar-refractivity contribution < 1.29 is 23.8 Å². The number of methoxy groups -OCH3 is 1. The van der Waals surface area contributed by atoms with Gasteiger partial charge in [-0.1, -0.05) is 13.8 Å². The fourth-order valence-electron chi connectivity index (χ4n) is 3.66. The van der Waals surface area contributed by atoms with Crippen molar-refractivity contribution in [3.63, 3.8) is 0 Å². The summed E-state index contributed by atoms with van der Waals surface area (Å²) in [5.74, 6) is -1.64. The van der Waals surface area contributed by atoms with Gasteiger partial charge in [0.15, 0.2) is 5.76 Å². The van der Waals surface area contributed by atoms with Crippen molar-refractivity contribution in [3.8, 4) is 0 Å². The van der Waals surface area contributed by atoms with Gasteiger partial charge in [-0.15, -0.1) is 0 Å². The molecule has 2 atom stereocenters. The molecule has 2 rings (SSSR count). The Hall–Kier alpha value is -1.82. The summed E-state index contributed by atoms with van der Waals surface area (Å²) in [6.07, 6.45) is 2.77. The predicted octanol–water partition coefficient (Wildman–Crippen LogP) is 2.64. The fraction of sp³-hybridized carbons (Fsp3) is 0.625. The molecule has 0 bridgehead atoms. The Morgan fingerprint density at radius 3 is 2.41 bits per heavy atom. The first kappa shape index (κ1) is 16.5. The molecule has 1 aromatic heterocycles. The Morgan fingerprint density at radius 1 is 1.36 bits per heavy atom. The number of carbonyl (C=O) groups excluding carboxylic acids is 1. The minimum Gasteiger partial charge on any atom is -0.475 e. The van der Waals surface area contributed by atoms with E-state index in [1.807, 2.05) is 0 Å². The van der Waals surface area contributed by atoms with Gasteiger partial charge in [0.25, 0.3) is 5.91 Å². The van der Waals surface area contributed by atoms with Crippen LogP contribution in [0.4, 0.5) is 0 Å². The number of nitrogens with zero attached hydrogens (tertiary/aromatic N) is 1. The number of amides is 1. The second-order valence-corrected chi connectivity index (χ2v) is 5.80. The van der Waals surface area contributed by atoms with Crippen molar-refractivity contribution in [2.24, 2.45) is 5.41 Å². The maximum Gasteiger partial charge on any atom is 0.371 e. The molecule has 0 radical (unpaired) electrons. The molecule has 6 nitrogen and oxygen atoms in total. The summed E-state index contributed by atoms with van der Waals surface area (Å²) in [7, 11) is 3.44. The van der Waals surface area contributed by atoms with Gasteiger partial charge >= 0.3 is 5.97 Å². The fourth-order valence-corrected chi connectivity index (χ4v) is 3.66. The molecule has 1 heterocycles. The molecule has 22 heavy (non-hydrogen) atoms. The summed E-state index contributed by atoms with van der Waals surface area (Å²) in [6, 6.07) is 2.78. The molecule has 0 spiro atoms. The molecule has 0 aromatic carbocycles. The number of rotatable bonds is 6. The van der Waals surface area contributed by atoms with Crippen LogP contribution in [0.3, 0.4) is 0 Å². The number of hydrogen-bond donors (Lipinski definition) is 1. The maximum atomic E-state index is 12.5. The molecule has 6 heteroatoms. The Bertz CT molecular complexity index is 561. The van der Waals surface area contributed by atoms with Crippen LogP contribution in [0.1, 0.15) is 54.2 Å². The van der Waals surface area contributed by atoms with Gasteiger partial charge < -0.3 is 19.2 Å². The highest BCUT2D eigenvalue weighted by Crippen LogP contribution is 2.51. The van der Waals surface area contributed by atoms with E-state index in [-0.39, 0.29) is 35.0 Å². The van der Waals surface area contributed by atoms with Crippen LogP contribution >= 0.6 is 0 Å². The van der Waals surface area contributed by atoms with E-state index in [2.05, 4.69) is 13.8 Å². The summed E-state index contributed by atoms with van der Waals surface area (Å²) >= 11 is 0. The lowest BCUT2D eigenvalue weighted by Crippen LogP contribution is -2.64. The monoisotopic (exact) mass is 309 g/mol. The van der Waals surface area contributed by atoms with Gasteiger partial charge in [-0.25, -0.2) is 4.79 Å². The molecular weight excluding hydrogens is 286 g/mol. The lowest BCUT2D eigenvalue weighted by Gasteiger charge is -2.57. The van der Waals surface area contributed by atoms with E-state index < -0.39 is 5.97 Å². The van der Waals surface area contributed by atoms with E-state index in [1.54, 1.807) is 19.1 Å². The lowest BCUT2D eigenvalue weighted by atomic mass is 9.58. The molecule has 1 aliphatic rings. The average molecular weight is 309 g/mol. The Labute approximate surface area is 130 Å². The molecule has 1 aliphatic carbocycles. The minimum atomic E-state index is -1.18. The van der Waals surface area contributed by atoms with E-state index >= 15 is 0 Å². The second kappa shape index (κ2) is 6.12. The van der Waals surface area contributed by atoms with Crippen LogP contribution < -0.4 is 0 Å². The van der Waals surface area contributed by atoms with Crippen molar-refractivity contribution in [3.05, 3.63) is 23.7 Å². The first-order valence-electron chi connectivity index (χ1n) is 7.54. The van der Waals surface area contributed by atoms with Crippen molar-refractivity contribution in [2.75, 3.05) is 14.2 Å². The molecule has 1 aromatic rings. The Kier molecular flexibility index (Phi) is 4.60. The van der Waals surface area contributed by atoms with Gasteiger partial charge in [0.2, 0.25) is 5.76 Å². The minimum absolute atomic E-state index is 0.0542. The number of hydrogen-bond acceptors (Lipinski definition) is 4. The summed E-state index contributed by atoms with van der Waals surface area (Å²) < 4.78 is 10.7. The van der Waals surface area contributed by atoms with E-state index in [0.717, 1.165) is 19.3 Å². The van der Waals surface area contributed by atoms with Gasteiger partial charge in [-0.3, -0.25) is 4.79 Å². The third kappa shape index (κ3) is 2.41. The number of carboxylic acid groups (broad SMARTS) is 1. The maximum absolute atomic E-state index is 12.5. The van der Waals surface area contributed by atoms with Gasteiger partial charge in [0.1, 0.15) is 0 Å². The molecule has 1 amide bonds. The van der Waals surface area contributed by atoms with Gasteiger partial charge in [0.05, 0.1) is 6.10 Å². The summed E-state index contributed by atoms with van der Waals surface area (Å²) in [5, 5.41) is 8.88. The highest BCUT2D eigenvalue weighted by atomic mass is 16.5. The number of carboxylic acids is 1. The largest absolute Gasteiger partial charge is 0.475 e. The molecule has 0 saturated heterocycles. The Balaban J connectivity index is 2.18. The van der Waals surface area contributed by atoms with Crippen molar-refractivity contribution in [1.82, 2.24) is 4.90 Å². The van der Waals surface area contributed by atoms with E-state index in [0.29, 0.717) is 0 Å². The van der Waals surface area contributed by atoms with Gasteiger partial charge in [0, 0.05) is 25.6 Å². The summed E-state index contributed by atoms with van der Waals surface area (Å²) in [4.78, 5) is 25.0. The van der Waals surface area contributed by atoms with Crippen LogP contribution in [0, 0.1) is 5.41 Å². The van der Waals surface area contributed by atoms with Crippen molar-refractivity contribution in [2.45, 2.75) is 45.3 Å². The summed E-state index contributed by atoms with van der Waals surface area (Å²) in [5.41, 5.74) is -0.0542. The van der Waals surface area contributed by atoms with Gasteiger partial charge in [-0.2, -0.15) is 0 Å². The van der Waals surface area contributed by atoms with Crippen LogP contribution in [-0.4, -0.2) is 48.2 Å². The normalized spacial score (nSPS) is 22.9. The first-order chi connectivity index (χ1) is 10.4. The quantitative estimate of drug-likeness (QED) is 0.873. The smallest absolute Gasteiger partial charge is 0.371 e. The van der Waals surface area contributed by atoms with Crippen LogP contribution in [-0.2, 0) is 4.74 Å². The topological polar surface area (TPSA) is 80.0 Å². The van der Waals surface area contributed by atoms with Crippen LogP contribution in [0.25, 0.3) is 0 Å². The molecular formula is C16H23NO5. The Morgan fingerprint density at radius 2 is 1.95 bits per heavy atom. The third-order valence-electron chi connectivity index (χ3n) is 5.16. The molecule has 1 N–H and O–H groups in total. The zero-order valence-corrected chi connectivity index (χ0v) is 13.5. The SMILES string of the molecule is CCC1(CC)[C@H](OC)C[C@H]1N(C)C(=O)c1ccc(C(=O)O)o1. The number of furan rings is 1. The molecule has 122 valence electrons. The molecule has 0 unspecified atom stereocenters. The highest BCUT2D eigenvalue weighted by Gasteiger charge is 2.55. The highest BCUT2D eigenvalue weighted by molar-refractivity contribution is 5.93. The van der Waals surface area contributed by atoms with Gasteiger partial charge in [-0.05, 0) is 31.4 Å². The van der Waals surface area contributed by atoms with Crippen LogP contribution in [0.15, 0.2) is 16.5 Å². The molecule has 1 fully saturated rings. The van der Waals surface area contributed by atoms with E-state index in [4.69, 9.17) is 14.3 Å². The summed E-state index contributed by atoms with van der Waals surface area (Å²) in [6.45, 7) is 4.21. The predicted molar refractivity (Wildman–Crippen MR) is 80.0 cm³/mol. The van der Waals surface area contributed by atoms with Crippen molar-refractivity contribution in [1.29, 1.82) is 0 Å². The zero-order chi connectivity index (χ0) is 16.5. The average Bonchev–Trinajstić information content (AvgIpc) is 2.97. The van der Waals surface area contributed by atoms with Crippen LogP contribution in [0.5, 0.6) is 0 Å². The zero-order valence-electron chi connectivity index (χ0n) is 13.5. The van der Waals surface area contributed by atoms with Crippen molar-refractivity contribution >= 4 is 11.9 Å². The lowest BCUT2D eigenvalue weighted by molar-refractivity contribution is -0.147. The van der Waals surface area contributed by atoms with Crippen LogP contribution in [0.2, 0.25) is 0 Å². The second-order valence-electron chi connectivity index (χ2n) is 5.80. The first-order valence-corrected chi connectivity index (χ1v) is 7.54. The molecule has 1 saturated carbocycles. The van der Waals surface area contributed by atoms with E-state index in [9.17, 15) is 9.59 Å². The number of carbonyl (C=O) groups is 2.